The minimum absolute atomic E-state index is 0.230. The molecule has 0 aromatic carbocycles. The predicted molar refractivity (Wildman–Crippen MR) is 85.5 cm³/mol. The number of nitrogens with zero attached hydrogens (tertiary/aromatic N) is 4. The van der Waals surface area contributed by atoms with Crippen LogP contribution in [0.3, 0.4) is 0 Å². The molecule has 2 aliphatic heterocycles. The van der Waals surface area contributed by atoms with E-state index >= 15 is 0 Å². The fourth-order valence-electron chi connectivity index (χ4n) is 3.24. The van der Waals surface area contributed by atoms with Gasteiger partial charge in [-0.3, -0.25) is 9.09 Å². The number of imidazole rings is 1. The molecule has 0 saturated carbocycles. The van der Waals surface area contributed by atoms with Crippen LogP contribution in [0.15, 0.2) is 12.7 Å². The van der Waals surface area contributed by atoms with Gasteiger partial charge < -0.3 is 29.7 Å². The summed E-state index contributed by atoms with van der Waals surface area (Å²) >= 11 is 0. The zero-order chi connectivity index (χ0) is 18.7. The Morgan fingerprint density at radius 3 is 2.77 bits per heavy atom. The number of aromatic nitrogens is 4. The van der Waals surface area contributed by atoms with Crippen LogP contribution in [-0.4, -0.2) is 60.0 Å². The Morgan fingerprint density at radius 1 is 1.31 bits per heavy atom. The summed E-state index contributed by atoms with van der Waals surface area (Å²) in [6.07, 6.45) is 0.231. The van der Waals surface area contributed by atoms with Gasteiger partial charge in [0.25, 0.3) is 0 Å². The Kier molecular flexibility index (Phi) is 4.04. The zero-order valence-electron chi connectivity index (χ0n) is 13.9. The maximum atomic E-state index is 11.0. The zero-order valence-corrected chi connectivity index (χ0v) is 14.8. The van der Waals surface area contributed by atoms with E-state index < -0.39 is 38.1 Å². The number of anilines is 1. The molecule has 12 nitrogen and oxygen atoms in total. The first-order valence-electron chi connectivity index (χ1n) is 7.79. The fraction of sp³-hybridized carbons (Fsp3) is 0.615. The van der Waals surface area contributed by atoms with Crippen LogP contribution in [0.1, 0.15) is 20.1 Å². The molecular formula is C13H18N5O7P. The first-order chi connectivity index (χ1) is 12.1. The van der Waals surface area contributed by atoms with Gasteiger partial charge in [0.1, 0.15) is 30.2 Å². The van der Waals surface area contributed by atoms with Crippen molar-refractivity contribution in [2.45, 2.75) is 44.2 Å². The van der Waals surface area contributed by atoms with Crippen LogP contribution in [0.4, 0.5) is 5.82 Å². The number of phosphoric ester groups is 1. The molecule has 0 spiro atoms. The number of hydrogen-bond donors (Lipinski definition) is 3. The maximum absolute atomic E-state index is 11.0. The van der Waals surface area contributed by atoms with E-state index in [4.69, 9.17) is 29.7 Å². The molecule has 2 fully saturated rings. The molecule has 4 N–H and O–H groups in total. The summed E-state index contributed by atoms with van der Waals surface area (Å²) < 4.78 is 34.9. The Hall–Kier alpha value is -1.66. The minimum Gasteiger partial charge on any atom is -0.382 e. The summed E-state index contributed by atoms with van der Waals surface area (Å²) in [4.78, 5) is 30.2. The highest BCUT2D eigenvalue weighted by Crippen LogP contribution is 2.45. The van der Waals surface area contributed by atoms with Gasteiger partial charge in [-0.2, -0.15) is 0 Å². The van der Waals surface area contributed by atoms with E-state index in [9.17, 15) is 4.57 Å². The lowest BCUT2D eigenvalue weighted by Crippen LogP contribution is -2.32. The van der Waals surface area contributed by atoms with E-state index in [0.717, 1.165) is 0 Å². The average Bonchev–Trinajstić information content (AvgIpc) is 3.16. The lowest BCUT2D eigenvalue weighted by Gasteiger charge is -2.24. The molecule has 4 atom stereocenters. The monoisotopic (exact) mass is 387 g/mol. The second-order valence-corrected chi connectivity index (χ2v) is 7.74. The van der Waals surface area contributed by atoms with E-state index in [1.54, 1.807) is 18.4 Å². The van der Waals surface area contributed by atoms with Crippen LogP contribution in [-0.2, 0) is 23.3 Å². The smallest absolute Gasteiger partial charge is 0.382 e. The fourth-order valence-corrected chi connectivity index (χ4v) is 3.59. The third kappa shape index (κ3) is 3.09. The summed E-state index contributed by atoms with van der Waals surface area (Å²) in [7, 11) is -4.64. The second-order valence-electron chi connectivity index (χ2n) is 6.50. The van der Waals surface area contributed by atoms with Crippen molar-refractivity contribution in [3.63, 3.8) is 0 Å². The number of ether oxygens (including phenoxy) is 3. The molecule has 26 heavy (non-hydrogen) atoms. The standard InChI is InChI=1S/C13H18N5O7P/c1-13(2)24-8-6(3-22-26(19,20)21)23-12(9(8)25-13)18-5-17-7-10(14)15-4-16-11(7)18/h4-6,8-9,12H,3H2,1-2H3,(H2,14,15,16)(H2,19,20,21)/t6-,8+,9?,12-/m1/s1. The third-order valence-electron chi connectivity index (χ3n) is 4.19. The van der Waals surface area contributed by atoms with E-state index in [1.165, 1.54) is 12.7 Å². The molecule has 142 valence electrons. The molecule has 1 unspecified atom stereocenters. The molecule has 0 bridgehead atoms. The van der Waals surface area contributed by atoms with Crippen LogP contribution in [0.2, 0.25) is 0 Å². The summed E-state index contributed by atoms with van der Waals surface area (Å²) in [6, 6.07) is 0. The number of fused-ring (bicyclic) bond motifs is 2. The summed E-state index contributed by atoms with van der Waals surface area (Å²) in [5, 5.41) is 0. The van der Waals surface area contributed by atoms with Gasteiger partial charge >= 0.3 is 7.82 Å². The van der Waals surface area contributed by atoms with Gasteiger partial charge in [-0.1, -0.05) is 0 Å². The van der Waals surface area contributed by atoms with Gasteiger partial charge in [0.15, 0.2) is 23.5 Å². The largest absolute Gasteiger partial charge is 0.469 e. The van der Waals surface area contributed by atoms with Crippen molar-refractivity contribution in [1.29, 1.82) is 0 Å². The Labute approximate surface area is 147 Å². The maximum Gasteiger partial charge on any atom is 0.469 e. The second kappa shape index (κ2) is 5.92. The molecule has 0 amide bonds. The lowest BCUT2D eigenvalue weighted by molar-refractivity contribution is -0.199. The molecule has 13 heteroatoms. The van der Waals surface area contributed by atoms with Crippen LogP contribution in [0, 0.1) is 0 Å². The van der Waals surface area contributed by atoms with Crippen LogP contribution >= 0.6 is 7.82 Å². The highest BCUT2D eigenvalue weighted by atomic mass is 31.2. The number of phosphoric acid groups is 1. The first-order valence-corrected chi connectivity index (χ1v) is 9.32. The van der Waals surface area contributed by atoms with Gasteiger partial charge in [0.05, 0.1) is 12.9 Å². The van der Waals surface area contributed by atoms with Crippen molar-refractivity contribution in [3.05, 3.63) is 12.7 Å². The molecule has 0 radical (unpaired) electrons. The van der Waals surface area contributed by atoms with E-state index in [1.807, 2.05) is 0 Å². The van der Waals surface area contributed by atoms with Crippen molar-refractivity contribution < 1.29 is 33.1 Å². The Bertz CT molecular complexity index is 883. The molecule has 2 aromatic rings. The van der Waals surface area contributed by atoms with Crippen molar-refractivity contribution in [2.24, 2.45) is 0 Å². The van der Waals surface area contributed by atoms with Gasteiger partial charge in [0.2, 0.25) is 0 Å². The van der Waals surface area contributed by atoms with Gasteiger partial charge in [0, 0.05) is 0 Å². The first kappa shape index (κ1) is 17.7. The molecule has 0 aliphatic carbocycles. The topological polar surface area (TPSA) is 164 Å². The van der Waals surface area contributed by atoms with Gasteiger partial charge in [-0.15, -0.1) is 0 Å². The molecule has 4 heterocycles. The van der Waals surface area contributed by atoms with E-state index in [-0.39, 0.29) is 12.4 Å². The van der Waals surface area contributed by atoms with E-state index in [0.29, 0.717) is 11.2 Å². The highest BCUT2D eigenvalue weighted by Gasteiger charge is 2.56. The SMILES string of the molecule is CC1(C)OC2[C@@H](O1)[C@@H](COP(=O)(O)O)O[C@H]2n1cnc2c(N)ncnc21. The summed E-state index contributed by atoms with van der Waals surface area (Å²) in [5.41, 5.74) is 6.68. The van der Waals surface area contributed by atoms with Crippen molar-refractivity contribution in [3.8, 4) is 0 Å². The van der Waals surface area contributed by atoms with Crippen molar-refractivity contribution in [1.82, 2.24) is 19.5 Å². The number of hydrogen-bond acceptors (Lipinski definition) is 9. The summed E-state index contributed by atoms with van der Waals surface area (Å²) in [5.74, 6) is -0.657. The normalized spacial score (nSPS) is 30.8. The van der Waals surface area contributed by atoms with Crippen molar-refractivity contribution >= 4 is 24.8 Å². The van der Waals surface area contributed by atoms with Crippen LogP contribution < -0.4 is 5.73 Å². The number of rotatable bonds is 4. The molecule has 2 aromatic heterocycles. The average molecular weight is 387 g/mol. The van der Waals surface area contributed by atoms with Crippen LogP contribution in [0.25, 0.3) is 11.2 Å². The predicted octanol–water partition coefficient (Wildman–Crippen LogP) is -0.0647. The molecule has 2 saturated heterocycles. The molecule has 4 rings (SSSR count). The van der Waals surface area contributed by atoms with E-state index in [2.05, 4.69) is 19.5 Å². The lowest BCUT2D eigenvalue weighted by atomic mass is 10.1. The minimum atomic E-state index is -4.64. The molecule has 2 aliphatic rings. The van der Waals surface area contributed by atoms with Gasteiger partial charge in [-0.05, 0) is 13.8 Å². The number of nitrogens with two attached hydrogens (primary N) is 1. The molecular weight excluding hydrogens is 369 g/mol. The number of nitrogen functional groups attached to an aromatic ring is 1. The third-order valence-corrected chi connectivity index (χ3v) is 4.68. The Balaban J connectivity index is 1.67. The van der Waals surface area contributed by atoms with Crippen molar-refractivity contribution in [2.75, 3.05) is 12.3 Å². The highest BCUT2D eigenvalue weighted by molar-refractivity contribution is 7.46. The quantitative estimate of drug-likeness (QED) is 0.602. The van der Waals surface area contributed by atoms with Gasteiger partial charge in [-0.25, -0.2) is 19.5 Å². The summed E-state index contributed by atoms with van der Waals surface area (Å²) in [6.45, 7) is 3.13. The van der Waals surface area contributed by atoms with Crippen LogP contribution in [0.5, 0.6) is 0 Å². The Morgan fingerprint density at radius 2 is 2.04 bits per heavy atom.